The quantitative estimate of drug-likeness (QED) is 0.937. The highest BCUT2D eigenvalue weighted by Crippen LogP contribution is 2.33. The van der Waals surface area contributed by atoms with Gasteiger partial charge in [0, 0.05) is 12.6 Å². The molecule has 0 saturated heterocycles. The highest BCUT2D eigenvalue weighted by Gasteiger charge is 2.21. The van der Waals surface area contributed by atoms with Crippen molar-refractivity contribution in [2.24, 2.45) is 0 Å². The van der Waals surface area contributed by atoms with Crippen molar-refractivity contribution in [1.29, 1.82) is 0 Å². The number of benzene rings is 2. The Hall–Kier alpha value is -2.00. The number of nitrogens with one attached hydrogen (secondary N) is 1. The van der Waals surface area contributed by atoms with Crippen molar-refractivity contribution in [2.75, 3.05) is 13.2 Å². The van der Waals surface area contributed by atoms with E-state index >= 15 is 0 Å². The Bertz CT molecular complexity index is 653. The summed E-state index contributed by atoms with van der Waals surface area (Å²) in [5.74, 6) is 1.73. The molecule has 0 saturated carbocycles. The zero-order valence-electron chi connectivity index (χ0n) is 12.0. The van der Waals surface area contributed by atoms with Crippen molar-refractivity contribution < 1.29 is 9.47 Å². The molecule has 4 rings (SSSR count). The van der Waals surface area contributed by atoms with Crippen LogP contribution in [0.4, 0.5) is 0 Å². The van der Waals surface area contributed by atoms with Crippen molar-refractivity contribution in [3.63, 3.8) is 0 Å². The third-order valence-electron chi connectivity index (χ3n) is 4.29. The second-order valence-electron chi connectivity index (χ2n) is 5.65. The second-order valence-corrected chi connectivity index (χ2v) is 5.65. The first-order chi connectivity index (χ1) is 10.4. The average Bonchev–Trinajstić information content (AvgIpc) is 2.96. The molecular weight excluding hydrogens is 262 g/mol. The van der Waals surface area contributed by atoms with Gasteiger partial charge in [0.1, 0.15) is 13.2 Å². The molecule has 0 fully saturated rings. The number of hydrogen-bond donors (Lipinski definition) is 1. The van der Waals surface area contributed by atoms with E-state index in [2.05, 4.69) is 41.7 Å². The van der Waals surface area contributed by atoms with E-state index in [1.165, 1.54) is 29.5 Å². The van der Waals surface area contributed by atoms with Crippen LogP contribution in [0.1, 0.15) is 29.2 Å². The van der Waals surface area contributed by atoms with Gasteiger partial charge in [-0.25, -0.2) is 0 Å². The average molecular weight is 281 g/mol. The molecule has 1 aliphatic carbocycles. The Morgan fingerprint density at radius 3 is 2.81 bits per heavy atom. The molecule has 0 radical (unpaired) electrons. The zero-order valence-corrected chi connectivity index (χ0v) is 12.0. The maximum absolute atomic E-state index is 5.64. The van der Waals surface area contributed by atoms with Crippen LogP contribution in [0.15, 0.2) is 42.5 Å². The molecule has 1 atom stereocenters. The number of fused-ring (bicyclic) bond motifs is 2. The molecule has 21 heavy (non-hydrogen) atoms. The van der Waals surface area contributed by atoms with Gasteiger partial charge >= 0.3 is 0 Å². The Kier molecular flexibility index (Phi) is 3.28. The summed E-state index contributed by atoms with van der Waals surface area (Å²) in [4.78, 5) is 0. The van der Waals surface area contributed by atoms with Crippen LogP contribution < -0.4 is 14.8 Å². The Labute approximate surface area is 124 Å². The lowest BCUT2D eigenvalue weighted by molar-refractivity contribution is 0.171. The molecule has 108 valence electrons. The second kappa shape index (κ2) is 5.41. The first-order valence-electron chi connectivity index (χ1n) is 7.60. The molecule has 2 aromatic rings. The third kappa shape index (κ3) is 2.49. The molecule has 1 N–H and O–H groups in total. The van der Waals surface area contributed by atoms with Crippen LogP contribution >= 0.6 is 0 Å². The van der Waals surface area contributed by atoms with Gasteiger partial charge in [-0.1, -0.05) is 30.3 Å². The molecule has 1 heterocycles. The topological polar surface area (TPSA) is 30.5 Å². The van der Waals surface area contributed by atoms with E-state index in [1.807, 2.05) is 6.07 Å². The molecule has 0 spiro atoms. The first-order valence-corrected chi connectivity index (χ1v) is 7.60. The molecule has 0 bridgehead atoms. The minimum absolute atomic E-state index is 0.467. The lowest BCUT2D eigenvalue weighted by Gasteiger charge is -2.19. The minimum atomic E-state index is 0.467. The smallest absolute Gasteiger partial charge is 0.161 e. The molecule has 3 heteroatoms. The minimum Gasteiger partial charge on any atom is -0.486 e. The van der Waals surface area contributed by atoms with Crippen molar-refractivity contribution in [3.05, 3.63) is 59.2 Å². The number of hydrogen-bond acceptors (Lipinski definition) is 3. The first kappa shape index (κ1) is 12.7. The summed E-state index contributed by atoms with van der Waals surface area (Å²) in [5, 5.41) is 3.66. The summed E-state index contributed by atoms with van der Waals surface area (Å²) in [6, 6.07) is 15.4. The zero-order chi connectivity index (χ0) is 14.1. The fraction of sp³-hybridized carbons (Fsp3) is 0.333. The van der Waals surface area contributed by atoms with E-state index in [0.29, 0.717) is 19.3 Å². The Morgan fingerprint density at radius 1 is 1.00 bits per heavy atom. The van der Waals surface area contributed by atoms with Crippen molar-refractivity contribution in [3.8, 4) is 11.5 Å². The fourth-order valence-electron chi connectivity index (χ4n) is 3.21. The van der Waals surface area contributed by atoms with E-state index in [4.69, 9.17) is 9.47 Å². The monoisotopic (exact) mass is 281 g/mol. The van der Waals surface area contributed by atoms with Crippen LogP contribution in [0.5, 0.6) is 11.5 Å². The van der Waals surface area contributed by atoms with Crippen molar-refractivity contribution in [2.45, 2.75) is 25.4 Å². The van der Waals surface area contributed by atoms with Crippen LogP contribution in [0.3, 0.4) is 0 Å². The highest BCUT2D eigenvalue weighted by atomic mass is 16.6. The molecular formula is C18H19NO2. The normalized spacial score (nSPS) is 19.3. The van der Waals surface area contributed by atoms with Crippen LogP contribution in [0, 0.1) is 0 Å². The third-order valence-corrected chi connectivity index (χ3v) is 4.29. The van der Waals surface area contributed by atoms with E-state index in [-0.39, 0.29) is 0 Å². The standard InChI is InChI=1S/C18H19NO2/c1-2-4-15-14(3-1)6-7-16(15)19-12-13-5-8-17-18(11-13)21-10-9-20-17/h1-5,8,11,16,19H,6-7,9-10,12H2. The van der Waals surface area contributed by atoms with Crippen LogP contribution in [-0.4, -0.2) is 13.2 Å². The summed E-state index contributed by atoms with van der Waals surface area (Å²) < 4.78 is 11.2. The van der Waals surface area contributed by atoms with Gasteiger partial charge in [0.15, 0.2) is 11.5 Å². The van der Waals surface area contributed by atoms with Crippen molar-refractivity contribution >= 4 is 0 Å². The highest BCUT2D eigenvalue weighted by molar-refractivity contribution is 5.44. The molecule has 0 amide bonds. The molecule has 2 aliphatic rings. The van der Waals surface area contributed by atoms with Gasteiger partial charge < -0.3 is 14.8 Å². The summed E-state index contributed by atoms with van der Waals surface area (Å²) in [6.07, 6.45) is 2.36. The summed E-state index contributed by atoms with van der Waals surface area (Å²) >= 11 is 0. The number of rotatable bonds is 3. The summed E-state index contributed by atoms with van der Waals surface area (Å²) in [5.41, 5.74) is 4.18. The van der Waals surface area contributed by atoms with Gasteiger partial charge in [0.05, 0.1) is 0 Å². The molecule has 2 aromatic carbocycles. The van der Waals surface area contributed by atoms with Crippen molar-refractivity contribution in [1.82, 2.24) is 5.32 Å². The summed E-state index contributed by atoms with van der Waals surface area (Å²) in [7, 11) is 0. The summed E-state index contributed by atoms with van der Waals surface area (Å²) in [6.45, 7) is 2.14. The van der Waals surface area contributed by atoms with E-state index < -0.39 is 0 Å². The maximum atomic E-state index is 5.64. The van der Waals surface area contributed by atoms with Gasteiger partial charge in [-0.2, -0.15) is 0 Å². The predicted octanol–water partition coefficient (Wildman–Crippen LogP) is 3.23. The van der Waals surface area contributed by atoms with E-state index in [0.717, 1.165) is 18.0 Å². The van der Waals surface area contributed by atoms with Gasteiger partial charge in [0.2, 0.25) is 0 Å². The van der Waals surface area contributed by atoms with E-state index in [9.17, 15) is 0 Å². The van der Waals surface area contributed by atoms with Crippen LogP contribution in [0.2, 0.25) is 0 Å². The lowest BCUT2D eigenvalue weighted by Crippen LogP contribution is -2.19. The van der Waals surface area contributed by atoms with E-state index in [1.54, 1.807) is 0 Å². The molecule has 1 aliphatic heterocycles. The van der Waals surface area contributed by atoms with Gasteiger partial charge in [-0.3, -0.25) is 0 Å². The Balaban J connectivity index is 1.46. The molecule has 3 nitrogen and oxygen atoms in total. The fourth-order valence-corrected chi connectivity index (χ4v) is 3.21. The van der Waals surface area contributed by atoms with Gasteiger partial charge in [-0.05, 0) is 41.7 Å². The SMILES string of the molecule is c1ccc2c(c1)CCC2NCc1ccc2c(c1)OCCO2. The van der Waals surface area contributed by atoms with Gasteiger partial charge in [0.25, 0.3) is 0 Å². The van der Waals surface area contributed by atoms with Crippen LogP contribution in [-0.2, 0) is 13.0 Å². The Morgan fingerprint density at radius 2 is 1.86 bits per heavy atom. The number of ether oxygens (including phenoxy) is 2. The number of aryl methyl sites for hydroxylation is 1. The van der Waals surface area contributed by atoms with Gasteiger partial charge in [-0.15, -0.1) is 0 Å². The lowest BCUT2D eigenvalue weighted by atomic mass is 10.1. The largest absolute Gasteiger partial charge is 0.486 e. The molecule has 1 unspecified atom stereocenters. The van der Waals surface area contributed by atoms with Crippen LogP contribution in [0.25, 0.3) is 0 Å². The molecule has 0 aromatic heterocycles. The maximum Gasteiger partial charge on any atom is 0.161 e. The predicted molar refractivity (Wildman–Crippen MR) is 81.8 cm³/mol.